The summed E-state index contributed by atoms with van der Waals surface area (Å²) >= 11 is 1.51. The van der Waals surface area contributed by atoms with Crippen LogP contribution in [0.4, 0.5) is 11.4 Å². The molecule has 1 amide bonds. The lowest BCUT2D eigenvalue weighted by Gasteiger charge is -2.20. The van der Waals surface area contributed by atoms with Crippen LogP contribution in [0.25, 0.3) is 10.7 Å². The van der Waals surface area contributed by atoms with Gasteiger partial charge in [0, 0.05) is 36.0 Å². The highest BCUT2D eigenvalue weighted by Crippen LogP contribution is 2.27. The molecular formula is C21H22N4OS. The van der Waals surface area contributed by atoms with Crippen LogP contribution in [0.1, 0.15) is 24.1 Å². The first kappa shape index (κ1) is 17.7. The van der Waals surface area contributed by atoms with Gasteiger partial charge in [0.1, 0.15) is 5.01 Å². The van der Waals surface area contributed by atoms with Crippen molar-refractivity contribution in [1.29, 1.82) is 0 Å². The summed E-state index contributed by atoms with van der Waals surface area (Å²) in [6.07, 6.45) is 4.52. The number of hydrogen-bond donors (Lipinski definition) is 1. The highest BCUT2D eigenvalue weighted by atomic mass is 32.1. The second-order valence-corrected chi connectivity index (χ2v) is 7.64. The van der Waals surface area contributed by atoms with Crippen LogP contribution in [-0.4, -0.2) is 29.0 Å². The minimum Gasteiger partial charge on any atom is -0.371 e. The third-order valence-corrected chi connectivity index (χ3v) is 5.62. The smallest absolute Gasteiger partial charge is 0.230 e. The zero-order valence-corrected chi connectivity index (χ0v) is 16.1. The van der Waals surface area contributed by atoms with E-state index >= 15 is 0 Å². The molecule has 0 unspecified atom stereocenters. The molecule has 1 aromatic carbocycles. The molecule has 27 heavy (non-hydrogen) atoms. The SMILES string of the molecule is Cc1cc(NC(=O)Cc2csc(-c3ccccn3)n2)ccc1N1CCCC1. The van der Waals surface area contributed by atoms with E-state index in [1.54, 1.807) is 6.20 Å². The molecule has 0 atom stereocenters. The van der Waals surface area contributed by atoms with E-state index in [-0.39, 0.29) is 12.3 Å². The molecule has 1 N–H and O–H groups in total. The Balaban J connectivity index is 1.39. The summed E-state index contributed by atoms with van der Waals surface area (Å²) in [7, 11) is 0. The Morgan fingerprint density at radius 1 is 1.22 bits per heavy atom. The number of carbonyl (C=O) groups is 1. The highest BCUT2D eigenvalue weighted by Gasteiger charge is 2.15. The number of rotatable bonds is 5. The van der Waals surface area contributed by atoms with Gasteiger partial charge in [0.2, 0.25) is 5.91 Å². The molecule has 1 aliphatic rings. The molecule has 1 fully saturated rings. The molecule has 0 radical (unpaired) electrons. The Morgan fingerprint density at radius 3 is 2.81 bits per heavy atom. The Labute approximate surface area is 163 Å². The first-order valence-corrected chi connectivity index (χ1v) is 10.1. The lowest BCUT2D eigenvalue weighted by atomic mass is 10.1. The van der Waals surface area contributed by atoms with E-state index in [9.17, 15) is 4.79 Å². The fraction of sp³-hybridized carbons (Fsp3) is 0.286. The lowest BCUT2D eigenvalue weighted by Crippen LogP contribution is -2.19. The van der Waals surface area contributed by atoms with Crippen LogP contribution in [0, 0.1) is 6.92 Å². The average molecular weight is 379 g/mol. The van der Waals surface area contributed by atoms with E-state index < -0.39 is 0 Å². The molecule has 1 saturated heterocycles. The van der Waals surface area contributed by atoms with Crippen LogP contribution >= 0.6 is 11.3 Å². The maximum atomic E-state index is 12.4. The Bertz CT molecular complexity index is 932. The van der Waals surface area contributed by atoms with Crippen LogP contribution < -0.4 is 10.2 Å². The summed E-state index contributed by atoms with van der Waals surface area (Å²) in [5.74, 6) is -0.0545. The van der Waals surface area contributed by atoms with E-state index in [4.69, 9.17) is 0 Å². The fourth-order valence-electron chi connectivity index (χ4n) is 3.41. The monoisotopic (exact) mass is 378 g/mol. The van der Waals surface area contributed by atoms with Crippen molar-refractivity contribution in [2.45, 2.75) is 26.2 Å². The normalized spacial score (nSPS) is 13.7. The van der Waals surface area contributed by atoms with Gasteiger partial charge in [-0.25, -0.2) is 4.98 Å². The highest BCUT2D eigenvalue weighted by molar-refractivity contribution is 7.13. The number of nitrogens with one attached hydrogen (secondary N) is 1. The lowest BCUT2D eigenvalue weighted by molar-refractivity contribution is -0.115. The zero-order valence-electron chi connectivity index (χ0n) is 15.3. The Kier molecular flexibility index (Phi) is 5.16. The van der Waals surface area contributed by atoms with Gasteiger partial charge >= 0.3 is 0 Å². The Morgan fingerprint density at radius 2 is 2.07 bits per heavy atom. The molecule has 0 spiro atoms. The number of aromatic nitrogens is 2. The molecular weight excluding hydrogens is 356 g/mol. The van der Waals surface area contributed by atoms with Gasteiger partial charge in [0.25, 0.3) is 0 Å². The van der Waals surface area contributed by atoms with Crippen LogP contribution in [0.3, 0.4) is 0 Å². The predicted octanol–water partition coefficient (Wildman–Crippen LogP) is 4.29. The summed E-state index contributed by atoms with van der Waals surface area (Å²) in [4.78, 5) is 23.7. The van der Waals surface area contributed by atoms with Gasteiger partial charge < -0.3 is 10.2 Å². The van der Waals surface area contributed by atoms with Crippen molar-refractivity contribution >= 4 is 28.6 Å². The summed E-state index contributed by atoms with van der Waals surface area (Å²) < 4.78 is 0. The first-order chi connectivity index (χ1) is 13.2. The number of anilines is 2. The van der Waals surface area contributed by atoms with Crippen LogP contribution in [0.15, 0.2) is 48.0 Å². The van der Waals surface area contributed by atoms with Crippen molar-refractivity contribution in [3.05, 3.63) is 59.2 Å². The number of thiazole rings is 1. The minimum atomic E-state index is -0.0545. The minimum absolute atomic E-state index is 0.0545. The number of nitrogens with zero attached hydrogens (tertiary/aromatic N) is 3. The van der Waals surface area contributed by atoms with E-state index in [0.29, 0.717) is 0 Å². The molecule has 5 nitrogen and oxygen atoms in total. The number of benzene rings is 1. The van der Waals surface area contributed by atoms with E-state index in [0.717, 1.165) is 35.2 Å². The summed E-state index contributed by atoms with van der Waals surface area (Å²) in [5.41, 5.74) is 4.90. The zero-order chi connectivity index (χ0) is 18.6. The van der Waals surface area contributed by atoms with Crippen molar-refractivity contribution in [1.82, 2.24) is 9.97 Å². The number of aryl methyl sites for hydroxylation is 1. The van der Waals surface area contributed by atoms with Crippen LogP contribution in [0.2, 0.25) is 0 Å². The second-order valence-electron chi connectivity index (χ2n) is 6.78. The van der Waals surface area contributed by atoms with Gasteiger partial charge in [-0.15, -0.1) is 11.3 Å². The topological polar surface area (TPSA) is 58.1 Å². The second kappa shape index (κ2) is 7.88. The maximum Gasteiger partial charge on any atom is 0.230 e. The van der Waals surface area contributed by atoms with E-state index in [1.807, 2.05) is 35.7 Å². The molecule has 138 valence electrons. The molecule has 0 aliphatic carbocycles. The molecule has 1 aliphatic heterocycles. The molecule has 6 heteroatoms. The predicted molar refractivity (Wildman–Crippen MR) is 110 cm³/mol. The van der Waals surface area contributed by atoms with Gasteiger partial charge in [0.05, 0.1) is 17.8 Å². The van der Waals surface area contributed by atoms with Crippen molar-refractivity contribution in [3.63, 3.8) is 0 Å². The van der Waals surface area contributed by atoms with Gasteiger partial charge in [-0.3, -0.25) is 9.78 Å². The van der Waals surface area contributed by atoms with Crippen molar-refractivity contribution in [2.24, 2.45) is 0 Å². The molecule has 3 heterocycles. The number of amides is 1. The number of carbonyl (C=O) groups excluding carboxylic acids is 1. The number of pyridine rings is 1. The third kappa shape index (κ3) is 4.17. The largest absolute Gasteiger partial charge is 0.371 e. The number of hydrogen-bond acceptors (Lipinski definition) is 5. The maximum absolute atomic E-state index is 12.4. The molecule has 0 saturated carbocycles. The third-order valence-electron chi connectivity index (χ3n) is 4.70. The van der Waals surface area contributed by atoms with Gasteiger partial charge in [-0.2, -0.15) is 0 Å². The van der Waals surface area contributed by atoms with Crippen molar-refractivity contribution in [2.75, 3.05) is 23.3 Å². The summed E-state index contributed by atoms with van der Waals surface area (Å²) in [6.45, 7) is 4.34. The van der Waals surface area contributed by atoms with Crippen molar-refractivity contribution in [3.8, 4) is 10.7 Å². The van der Waals surface area contributed by atoms with Gasteiger partial charge in [-0.05, 0) is 55.7 Å². The quantitative estimate of drug-likeness (QED) is 0.719. The van der Waals surface area contributed by atoms with Gasteiger partial charge in [0.15, 0.2) is 0 Å². The molecule has 4 rings (SSSR count). The molecule has 3 aromatic rings. The summed E-state index contributed by atoms with van der Waals surface area (Å²) in [6, 6.07) is 11.9. The first-order valence-electron chi connectivity index (χ1n) is 9.20. The van der Waals surface area contributed by atoms with Crippen LogP contribution in [-0.2, 0) is 11.2 Å². The van der Waals surface area contributed by atoms with Crippen molar-refractivity contribution < 1.29 is 4.79 Å². The van der Waals surface area contributed by atoms with E-state index in [2.05, 4.69) is 33.2 Å². The summed E-state index contributed by atoms with van der Waals surface area (Å²) in [5, 5.41) is 5.75. The molecule has 2 aromatic heterocycles. The average Bonchev–Trinajstić information content (AvgIpc) is 3.35. The fourth-order valence-corrected chi connectivity index (χ4v) is 4.21. The van der Waals surface area contributed by atoms with Crippen LogP contribution in [0.5, 0.6) is 0 Å². The molecule has 0 bridgehead atoms. The van der Waals surface area contributed by atoms with Gasteiger partial charge in [-0.1, -0.05) is 6.07 Å². The van der Waals surface area contributed by atoms with E-state index in [1.165, 1.54) is 35.4 Å². The Hall–Kier alpha value is -2.73. The standard InChI is InChI=1S/C21H22N4OS/c1-15-12-16(7-8-19(15)25-10-4-5-11-25)23-20(26)13-17-14-27-21(24-17)18-6-2-3-9-22-18/h2-3,6-9,12,14H,4-5,10-11,13H2,1H3,(H,23,26).